The third kappa shape index (κ3) is 3.41. The van der Waals surface area contributed by atoms with Gasteiger partial charge in [-0.1, -0.05) is 12.8 Å². The van der Waals surface area contributed by atoms with Crippen molar-refractivity contribution in [2.24, 2.45) is 0 Å². The molecule has 1 aromatic rings. The molecule has 0 saturated heterocycles. The first-order valence-electron chi connectivity index (χ1n) is 6.05. The normalized spacial score (nSPS) is 16.0. The first-order valence-corrected chi connectivity index (χ1v) is 6.05. The van der Waals surface area contributed by atoms with Crippen LogP contribution in [-0.2, 0) is 4.79 Å². The fourth-order valence-electron chi connectivity index (χ4n) is 2.17. The molecule has 0 spiro atoms. The summed E-state index contributed by atoms with van der Waals surface area (Å²) in [6, 6.07) is 3.87. The fourth-order valence-corrected chi connectivity index (χ4v) is 2.17. The summed E-state index contributed by atoms with van der Waals surface area (Å²) in [5.74, 6) is 0.400. The van der Waals surface area contributed by atoms with E-state index >= 15 is 0 Å². The molecule has 0 amide bonds. The Kier molecular flexibility index (Phi) is 3.90. The number of hydrogen-bond donors (Lipinski definition) is 2. The summed E-state index contributed by atoms with van der Waals surface area (Å²) in [4.78, 5) is 10.3. The van der Waals surface area contributed by atoms with Crippen molar-refractivity contribution in [1.29, 1.82) is 0 Å². The summed E-state index contributed by atoms with van der Waals surface area (Å²) >= 11 is 0. The molecule has 1 saturated carbocycles. The van der Waals surface area contributed by atoms with Crippen LogP contribution in [0.15, 0.2) is 12.1 Å². The average Bonchev–Trinajstić information content (AvgIpc) is 2.83. The molecule has 0 unspecified atom stereocenters. The number of anilines is 1. The maximum Gasteiger partial charge on any atom is 0.305 e. The minimum Gasteiger partial charge on any atom is -0.481 e. The molecule has 0 atom stereocenters. The Hall–Kier alpha value is -1.65. The molecule has 5 nitrogen and oxygen atoms in total. The Morgan fingerprint density at radius 1 is 1.35 bits per heavy atom. The second kappa shape index (κ2) is 5.61. The van der Waals surface area contributed by atoms with Gasteiger partial charge in [0.05, 0.1) is 12.1 Å². The van der Waals surface area contributed by atoms with E-state index in [2.05, 4.69) is 15.5 Å². The second-order valence-corrected chi connectivity index (χ2v) is 4.40. The van der Waals surface area contributed by atoms with Crippen LogP contribution in [0.5, 0.6) is 0 Å². The van der Waals surface area contributed by atoms with Crippen molar-refractivity contribution >= 4 is 11.8 Å². The summed E-state index contributed by atoms with van der Waals surface area (Å²) in [7, 11) is 0. The number of nitrogens with one attached hydrogen (secondary N) is 1. The van der Waals surface area contributed by atoms with Crippen molar-refractivity contribution in [1.82, 2.24) is 10.2 Å². The van der Waals surface area contributed by atoms with E-state index in [4.69, 9.17) is 5.11 Å². The summed E-state index contributed by atoms with van der Waals surface area (Å²) in [6.45, 7) is 0.382. The Labute approximate surface area is 100 Å². The van der Waals surface area contributed by atoms with Crippen LogP contribution in [0.25, 0.3) is 0 Å². The molecule has 17 heavy (non-hydrogen) atoms. The lowest BCUT2D eigenvalue weighted by atomic mass is 10.0. The van der Waals surface area contributed by atoms with Crippen LogP contribution in [0.4, 0.5) is 5.82 Å². The zero-order valence-electron chi connectivity index (χ0n) is 9.72. The monoisotopic (exact) mass is 235 g/mol. The van der Waals surface area contributed by atoms with Gasteiger partial charge in [0.1, 0.15) is 5.82 Å². The van der Waals surface area contributed by atoms with E-state index in [1.54, 1.807) is 0 Å². The van der Waals surface area contributed by atoms with Crippen molar-refractivity contribution in [3.63, 3.8) is 0 Å². The van der Waals surface area contributed by atoms with Gasteiger partial charge in [0, 0.05) is 12.5 Å². The number of carboxylic acid groups (broad SMARTS) is 1. The molecular weight excluding hydrogens is 218 g/mol. The first kappa shape index (κ1) is 11.8. The third-order valence-corrected chi connectivity index (χ3v) is 3.10. The van der Waals surface area contributed by atoms with Crippen molar-refractivity contribution < 1.29 is 9.90 Å². The van der Waals surface area contributed by atoms with E-state index in [0.717, 1.165) is 5.69 Å². The number of nitrogens with zero attached hydrogens (tertiary/aromatic N) is 2. The van der Waals surface area contributed by atoms with E-state index in [9.17, 15) is 4.79 Å². The van der Waals surface area contributed by atoms with Gasteiger partial charge in [0.2, 0.25) is 0 Å². The lowest BCUT2D eigenvalue weighted by molar-refractivity contribution is -0.136. The van der Waals surface area contributed by atoms with Crippen LogP contribution >= 0.6 is 0 Å². The number of carboxylic acids is 1. The highest BCUT2D eigenvalue weighted by molar-refractivity contribution is 5.67. The van der Waals surface area contributed by atoms with Crippen LogP contribution in [0, 0.1) is 0 Å². The highest BCUT2D eigenvalue weighted by Gasteiger charge is 2.18. The molecule has 1 heterocycles. The SMILES string of the molecule is O=C(O)CCNc1ccc(C2CCCC2)nn1. The predicted molar refractivity (Wildman–Crippen MR) is 64.0 cm³/mol. The standard InChI is InChI=1S/C12H17N3O2/c16-12(17)7-8-13-11-6-5-10(14-15-11)9-3-1-2-4-9/h5-6,9H,1-4,7-8H2,(H,13,15)(H,16,17). The molecule has 2 rings (SSSR count). The molecule has 0 bridgehead atoms. The van der Waals surface area contributed by atoms with Crippen LogP contribution in [0.2, 0.25) is 0 Å². The molecule has 0 radical (unpaired) electrons. The first-order chi connectivity index (χ1) is 8.25. The molecular formula is C12H17N3O2. The van der Waals surface area contributed by atoms with Gasteiger partial charge in [0.25, 0.3) is 0 Å². The van der Waals surface area contributed by atoms with E-state index in [-0.39, 0.29) is 6.42 Å². The maximum atomic E-state index is 10.3. The van der Waals surface area contributed by atoms with Crippen LogP contribution in [0.3, 0.4) is 0 Å². The molecule has 2 N–H and O–H groups in total. The van der Waals surface area contributed by atoms with Gasteiger partial charge in [-0.3, -0.25) is 4.79 Å². The van der Waals surface area contributed by atoms with Gasteiger partial charge in [0.15, 0.2) is 0 Å². The van der Waals surface area contributed by atoms with Gasteiger partial charge in [-0.2, -0.15) is 5.10 Å². The summed E-state index contributed by atoms with van der Waals surface area (Å²) in [6.07, 6.45) is 5.07. The zero-order valence-corrected chi connectivity index (χ0v) is 9.72. The Bertz CT molecular complexity index is 372. The van der Waals surface area contributed by atoms with Crippen molar-refractivity contribution in [3.05, 3.63) is 17.8 Å². The van der Waals surface area contributed by atoms with E-state index < -0.39 is 5.97 Å². The Morgan fingerprint density at radius 3 is 2.71 bits per heavy atom. The lowest BCUT2D eigenvalue weighted by Gasteiger charge is -2.08. The van der Waals surface area contributed by atoms with Crippen LogP contribution in [-0.4, -0.2) is 27.8 Å². The van der Waals surface area contributed by atoms with E-state index in [1.807, 2.05) is 12.1 Å². The minimum absolute atomic E-state index is 0.0893. The predicted octanol–water partition coefficient (Wildman–Crippen LogP) is 2.02. The molecule has 92 valence electrons. The smallest absolute Gasteiger partial charge is 0.305 e. The van der Waals surface area contributed by atoms with Gasteiger partial charge in [-0.05, 0) is 25.0 Å². The second-order valence-electron chi connectivity index (χ2n) is 4.40. The maximum absolute atomic E-state index is 10.3. The van der Waals surface area contributed by atoms with Gasteiger partial charge < -0.3 is 10.4 Å². The molecule has 1 aliphatic rings. The van der Waals surface area contributed by atoms with Gasteiger partial charge >= 0.3 is 5.97 Å². The average molecular weight is 235 g/mol. The number of hydrogen-bond acceptors (Lipinski definition) is 4. The lowest BCUT2D eigenvalue weighted by Crippen LogP contribution is -2.09. The number of aromatic nitrogens is 2. The zero-order chi connectivity index (χ0) is 12.1. The van der Waals surface area contributed by atoms with Gasteiger partial charge in [-0.25, -0.2) is 0 Å². The quantitative estimate of drug-likeness (QED) is 0.816. The van der Waals surface area contributed by atoms with E-state index in [1.165, 1.54) is 25.7 Å². The minimum atomic E-state index is -0.812. The summed E-state index contributed by atoms with van der Waals surface area (Å²) in [5.41, 5.74) is 1.06. The molecule has 1 aromatic heterocycles. The van der Waals surface area contributed by atoms with Crippen molar-refractivity contribution in [2.45, 2.75) is 38.0 Å². The topological polar surface area (TPSA) is 75.1 Å². The van der Waals surface area contributed by atoms with E-state index in [0.29, 0.717) is 18.3 Å². The fraction of sp³-hybridized carbons (Fsp3) is 0.583. The Balaban J connectivity index is 1.86. The number of rotatable bonds is 5. The van der Waals surface area contributed by atoms with Gasteiger partial charge in [-0.15, -0.1) is 5.10 Å². The summed E-state index contributed by atoms with van der Waals surface area (Å²) < 4.78 is 0. The molecule has 1 fully saturated rings. The molecule has 0 aromatic carbocycles. The Morgan fingerprint density at radius 2 is 2.12 bits per heavy atom. The van der Waals surface area contributed by atoms with Crippen LogP contribution < -0.4 is 5.32 Å². The van der Waals surface area contributed by atoms with Crippen LogP contribution in [0.1, 0.15) is 43.7 Å². The summed E-state index contributed by atoms with van der Waals surface area (Å²) in [5, 5.41) is 19.7. The highest BCUT2D eigenvalue weighted by Crippen LogP contribution is 2.32. The molecule has 0 aliphatic heterocycles. The van der Waals surface area contributed by atoms with Crippen molar-refractivity contribution in [3.8, 4) is 0 Å². The molecule has 5 heteroatoms. The number of aliphatic carboxylic acids is 1. The molecule has 1 aliphatic carbocycles. The third-order valence-electron chi connectivity index (χ3n) is 3.10. The largest absolute Gasteiger partial charge is 0.481 e. The number of carbonyl (C=O) groups is 1. The van der Waals surface area contributed by atoms with Crippen molar-refractivity contribution in [2.75, 3.05) is 11.9 Å². The highest BCUT2D eigenvalue weighted by atomic mass is 16.4.